The number of allylic oxidation sites excluding steroid dienone is 1. The van der Waals surface area contributed by atoms with E-state index in [4.69, 9.17) is 4.74 Å². The van der Waals surface area contributed by atoms with Gasteiger partial charge in [0.05, 0.1) is 29.7 Å². The normalized spacial score (nSPS) is 23.2. The minimum Gasteiger partial charge on any atom is -0.466 e. The first-order valence-corrected chi connectivity index (χ1v) is 9.59. The SMILES string of the molecule is COC(=O)C1=C(C)N=C2S[C@H](C)C(=O)N2[C@H]1c1ccc(SC)cc1. The lowest BCUT2D eigenvalue weighted by atomic mass is 9.94. The van der Waals surface area contributed by atoms with Gasteiger partial charge >= 0.3 is 5.97 Å². The van der Waals surface area contributed by atoms with Crippen molar-refractivity contribution in [1.29, 1.82) is 0 Å². The van der Waals surface area contributed by atoms with Gasteiger partial charge < -0.3 is 4.74 Å². The third-order valence-electron chi connectivity index (χ3n) is 4.10. The van der Waals surface area contributed by atoms with Crippen LogP contribution in [0, 0.1) is 0 Å². The lowest BCUT2D eigenvalue weighted by Crippen LogP contribution is -2.40. The van der Waals surface area contributed by atoms with Gasteiger partial charge in [0.15, 0.2) is 5.17 Å². The number of rotatable bonds is 3. The molecule has 0 spiro atoms. The van der Waals surface area contributed by atoms with Gasteiger partial charge in [-0.2, -0.15) is 0 Å². The monoisotopic (exact) mass is 362 g/mol. The van der Waals surface area contributed by atoms with Crippen molar-refractivity contribution in [2.75, 3.05) is 13.4 Å². The first-order chi connectivity index (χ1) is 11.5. The van der Waals surface area contributed by atoms with Gasteiger partial charge in [-0.05, 0) is 37.8 Å². The van der Waals surface area contributed by atoms with Crippen molar-refractivity contribution in [3.05, 3.63) is 41.1 Å². The number of ether oxygens (including phenoxy) is 1. The van der Waals surface area contributed by atoms with E-state index in [0.717, 1.165) is 10.5 Å². The summed E-state index contributed by atoms with van der Waals surface area (Å²) in [4.78, 5) is 32.2. The van der Waals surface area contributed by atoms with E-state index >= 15 is 0 Å². The number of amidine groups is 1. The fourth-order valence-electron chi connectivity index (χ4n) is 2.88. The van der Waals surface area contributed by atoms with E-state index in [0.29, 0.717) is 16.4 Å². The summed E-state index contributed by atoms with van der Waals surface area (Å²) in [5, 5.41) is 0.443. The molecule has 0 radical (unpaired) electrons. The molecule has 0 aromatic heterocycles. The molecule has 1 aromatic rings. The number of carbonyl (C=O) groups excluding carboxylic acids is 2. The largest absolute Gasteiger partial charge is 0.466 e. The van der Waals surface area contributed by atoms with Gasteiger partial charge in [-0.1, -0.05) is 23.9 Å². The Labute approximate surface area is 149 Å². The molecule has 24 heavy (non-hydrogen) atoms. The summed E-state index contributed by atoms with van der Waals surface area (Å²) < 4.78 is 4.95. The Bertz CT molecular complexity index is 756. The highest BCUT2D eigenvalue weighted by atomic mass is 32.2. The van der Waals surface area contributed by atoms with Crippen LogP contribution in [0.5, 0.6) is 0 Å². The zero-order chi connectivity index (χ0) is 17.4. The predicted octanol–water partition coefficient (Wildman–Crippen LogP) is 3.23. The van der Waals surface area contributed by atoms with Crippen molar-refractivity contribution in [2.24, 2.45) is 4.99 Å². The third kappa shape index (κ3) is 2.75. The van der Waals surface area contributed by atoms with E-state index in [9.17, 15) is 9.59 Å². The summed E-state index contributed by atoms with van der Waals surface area (Å²) in [6.45, 7) is 3.64. The first-order valence-electron chi connectivity index (χ1n) is 7.49. The number of amides is 1. The Morgan fingerprint density at radius 1 is 1.33 bits per heavy atom. The standard InChI is InChI=1S/C17H18N2O3S2/c1-9-13(16(21)22-3)14(11-5-7-12(23-4)8-6-11)19-15(20)10(2)24-17(19)18-9/h5-8,10,14H,1-4H3/t10-,14+/m1/s1. The maximum atomic E-state index is 12.7. The van der Waals surface area contributed by atoms with Crippen LogP contribution in [-0.2, 0) is 14.3 Å². The van der Waals surface area contributed by atoms with Gasteiger partial charge in [-0.15, -0.1) is 11.8 Å². The van der Waals surface area contributed by atoms with Crippen LogP contribution in [0.15, 0.2) is 45.4 Å². The highest BCUT2D eigenvalue weighted by molar-refractivity contribution is 8.15. The highest BCUT2D eigenvalue weighted by Crippen LogP contribution is 2.43. The number of hydrogen-bond donors (Lipinski definition) is 0. The number of benzene rings is 1. The summed E-state index contributed by atoms with van der Waals surface area (Å²) in [5.74, 6) is -0.488. The summed E-state index contributed by atoms with van der Waals surface area (Å²) in [6.07, 6.45) is 2.01. The molecular weight excluding hydrogens is 344 g/mol. The Morgan fingerprint density at radius 3 is 2.58 bits per heavy atom. The van der Waals surface area contributed by atoms with E-state index in [-0.39, 0.29) is 11.2 Å². The third-order valence-corrected chi connectivity index (χ3v) is 5.89. The van der Waals surface area contributed by atoms with Gasteiger partial charge in [0, 0.05) is 4.90 Å². The second-order valence-corrected chi connectivity index (χ2v) is 7.72. The molecule has 126 valence electrons. The maximum Gasteiger partial charge on any atom is 0.338 e. The van der Waals surface area contributed by atoms with E-state index in [1.807, 2.05) is 37.4 Å². The van der Waals surface area contributed by atoms with E-state index in [1.165, 1.54) is 18.9 Å². The lowest BCUT2D eigenvalue weighted by molar-refractivity contribution is -0.137. The van der Waals surface area contributed by atoms with Crippen molar-refractivity contribution in [1.82, 2.24) is 4.90 Å². The Balaban J connectivity index is 2.14. The molecule has 0 unspecified atom stereocenters. The van der Waals surface area contributed by atoms with Gasteiger partial charge in [0.25, 0.3) is 0 Å². The summed E-state index contributed by atoms with van der Waals surface area (Å²) >= 11 is 3.07. The maximum absolute atomic E-state index is 12.7. The van der Waals surface area contributed by atoms with Crippen molar-refractivity contribution < 1.29 is 14.3 Å². The first kappa shape index (κ1) is 17.1. The minimum absolute atomic E-state index is 0.0356. The second-order valence-electron chi connectivity index (χ2n) is 5.53. The zero-order valence-corrected chi connectivity index (χ0v) is 15.5. The molecule has 1 amide bonds. The quantitative estimate of drug-likeness (QED) is 0.610. The topological polar surface area (TPSA) is 59.0 Å². The molecule has 2 atom stereocenters. The van der Waals surface area contributed by atoms with Gasteiger partial charge in [-0.3, -0.25) is 9.69 Å². The Kier molecular flexibility index (Phi) is 4.73. The van der Waals surface area contributed by atoms with E-state index in [1.54, 1.807) is 23.6 Å². The molecule has 0 aliphatic carbocycles. The molecule has 0 bridgehead atoms. The second kappa shape index (κ2) is 6.64. The minimum atomic E-state index is -0.495. The number of thioether (sulfide) groups is 2. The van der Waals surface area contributed by atoms with E-state index < -0.39 is 12.0 Å². The van der Waals surface area contributed by atoms with Crippen LogP contribution >= 0.6 is 23.5 Å². The van der Waals surface area contributed by atoms with Crippen LogP contribution < -0.4 is 0 Å². The number of aliphatic imine (C=N–C) groups is 1. The van der Waals surface area contributed by atoms with Crippen molar-refractivity contribution in [2.45, 2.75) is 30.0 Å². The summed E-state index contributed by atoms with van der Waals surface area (Å²) in [5.41, 5.74) is 1.89. The van der Waals surface area contributed by atoms with Crippen LogP contribution in [0.4, 0.5) is 0 Å². The van der Waals surface area contributed by atoms with Gasteiger partial charge in [-0.25, -0.2) is 9.79 Å². The number of esters is 1. The van der Waals surface area contributed by atoms with Crippen molar-refractivity contribution in [3.8, 4) is 0 Å². The smallest absolute Gasteiger partial charge is 0.338 e. The van der Waals surface area contributed by atoms with Crippen LogP contribution in [0.2, 0.25) is 0 Å². The number of nitrogens with zero attached hydrogens (tertiary/aromatic N) is 2. The number of fused-ring (bicyclic) bond motifs is 1. The summed E-state index contributed by atoms with van der Waals surface area (Å²) in [7, 11) is 1.35. The predicted molar refractivity (Wildman–Crippen MR) is 97.0 cm³/mol. The molecule has 0 saturated carbocycles. The Hall–Kier alpha value is -1.73. The fraction of sp³-hybridized carbons (Fsp3) is 0.353. The highest BCUT2D eigenvalue weighted by Gasteiger charge is 2.46. The molecule has 1 aromatic carbocycles. The lowest BCUT2D eigenvalue weighted by Gasteiger charge is -2.32. The van der Waals surface area contributed by atoms with Gasteiger partial charge in [0.1, 0.15) is 0 Å². The molecule has 2 aliphatic rings. The fourth-order valence-corrected chi connectivity index (χ4v) is 4.31. The van der Waals surface area contributed by atoms with Crippen LogP contribution in [0.3, 0.4) is 0 Å². The average molecular weight is 362 g/mol. The number of carbonyl (C=O) groups is 2. The number of methoxy groups -OCH3 is 1. The molecule has 2 aliphatic heterocycles. The number of hydrogen-bond acceptors (Lipinski definition) is 6. The summed E-state index contributed by atoms with van der Waals surface area (Å²) in [6, 6.07) is 7.40. The van der Waals surface area contributed by atoms with E-state index in [2.05, 4.69) is 4.99 Å². The molecule has 3 rings (SSSR count). The molecule has 0 N–H and O–H groups in total. The van der Waals surface area contributed by atoms with Crippen molar-refractivity contribution in [3.63, 3.8) is 0 Å². The molecule has 1 saturated heterocycles. The average Bonchev–Trinajstić information content (AvgIpc) is 2.87. The zero-order valence-electron chi connectivity index (χ0n) is 13.9. The van der Waals surface area contributed by atoms with Crippen LogP contribution in [0.25, 0.3) is 0 Å². The van der Waals surface area contributed by atoms with Crippen LogP contribution in [0.1, 0.15) is 25.5 Å². The van der Waals surface area contributed by atoms with Crippen LogP contribution in [-0.4, -0.2) is 40.6 Å². The Morgan fingerprint density at radius 2 is 2.00 bits per heavy atom. The molecule has 5 nitrogen and oxygen atoms in total. The molecule has 1 fully saturated rings. The molecule has 2 heterocycles. The molecular formula is C17H18N2O3S2. The van der Waals surface area contributed by atoms with Gasteiger partial charge in [0.2, 0.25) is 5.91 Å². The van der Waals surface area contributed by atoms with Crippen molar-refractivity contribution >= 4 is 40.6 Å². The molecule has 7 heteroatoms.